The highest BCUT2D eigenvalue weighted by Gasteiger charge is 2.10. The number of aromatic carboxylic acids is 1. The van der Waals surface area contributed by atoms with E-state index < -0.39 is 11.8 Å². The molecule has 0 spiro atoms. The first-order valence-electron chi connectivity index (χ1n) is 6.72. The van der Waals surface area contributed by atoms with E-state index in [0.29, 0.717) is 11.5 Å². The fourth-order valence-electron chi connectivity index (χ4n) is 2.11. The molecule has 2 rings (SSSR count). The van der Waals surface area contributed by atoms with Crippen molar-refractivity contribution in [2.45, 2.75) is 26.4 Å². The molecule has 0 unspecified atom stereocenters. The van der Waals surface area contributed by atoms with E-state index in [1.165, 1.54) is 12.1 Å². The summed E-state index contributed by atoms with van der Waals surface area (Å²) in [6.45, 7) is 4.25. The minimum Gasteiger partial charge on any atom is -0.489 e. The first-order chi connectivity index (χ1) is 9.97. The molecule has 21 heavy (non-hydrogen) atoms. The summed E-state index contributed by atoms with van der Waals surface area (Å²) in [4.78, 5) is 10.9. The molecule has 2 aromatic carbocycles. The maximum atomic E-state index is 13.4. The standard InChI is InChI=1S/C17H17FO3/c1-11(2)15-5-3-4-6-16(15)21-10-12-7-13(17(19)20)9-14(18)8-12/h3-9,11H,10H2,1-2H3,(H,19,20). The molecular weight excluding hydrogens is 271 g/mol. The number of para-hydroxylation sites is 1. The van der Waals surface area contributed by atoms with Gasteiger partial charge in [-0.1, -0.05) is 32.0 Å². The topological polar surface area (TPSA) is 46.5 Å². The van der Waals surface area contributed by atoms with Gasteiger partial charge >= 0.3 is 5.97 Å². The van der Waals surface area contributed by atoms with Crippen LogP contribution < -0.4 is 4.74 Å². The van der Waals surface area contributed by atoms with Gasteiger partial charge in [-0.25, -0.2) is 9.18 Å². The Balaban J connectivity index is 2.19. The Morgan fingerprint density at radius 3 is 2.62 bits per heavy atom. The van der Waals surface area contributed by atoms with Gasteiger partial charge in [0.15, 0.2) is 0 Å². The molecule has 0 aliphatic heterocycles. The summed E-state index contributed by atoms with van der Waals surface area (Å²) in [6.07, 6.45) is 0. The van der Waals surface area contributed by atoms with Crippen molar-refractivity contribution < 1.29 is 19.0 Å². The van der Waals surface area contributed by atoms with Crippen LogP contribution in [0.25, 0.3) is 0 Å². The Bertz CT molecular complexity index is 650. The van der Waals surface area contributed by atoms with Crippen molar-refractivity contribution in [2.24, 2.45) is 0 Å². The molecule has 4 heteroatoms. The first kappa shape index (κ1) is 15.0. The third-order valence-electron chi connectivity index (χ3n) is 3.14. The predicted molar refractivity (Wildman–Crippen MR) is 78.2 cm³/mol. The van der Waals surface area contributed by atoms with Gasteiger partial charge in [0, 0.05) is 0 Å². The number of halogens is 1. The molecule has 0 amide bonds. The van der Waals surface area contributed by atoms with Crippen LogP contribution in [0.5, 0.6) is 5.75 Å². The molecule has 0 bridgehead atoms. The van der Waals surface area contributed by atoms with E-state index in [-0.39, 0.29) is 12.2 Å². The normalized spacial score (nSPS) is 10.7. The second-order valence-electron chi connectivity index (χ2n) is 5.13. The van der Waals surface area contributed by atoms with Crippen molar-refractivity contribution in [1.82, 2.24) is 0 Å². The highest BCUT2D eigenvalue weighted by Crippen LogP contribution is 2.26. The summed E-state index contributed by atoms with van der Waals surface area (Å²) in [6, 6.07) is 11.3. The third kappa shape index (κ3) is 3.81. The second-order valence-corrected chi connectivity index (χ2v) is 5.13. The molecule has 0 aromatic heterocycles. The van der Waals surface area contributed by atoms with Crippen LogP contribution in [-0.4, -0.2) is 11.1 Å². The zero-order valence-electron chi connectivity index (χ0n) is 12.0. The van der Waals surface area contributed by atoms with Crippen LogP contribution in [0.15, 0.2) is 42.5 Å². The fourth-order valence-corrected chi connectivity index (χ4v) is 2.11. The van der Waals surface area contributed by atoms with Crippen LogP contribution >= 0.6 is 0 Å². The Morgan fingerprint density at radius 2 is 1.95 bits per heavy atom. The van der Waals surface area contributed by atoms with Gasteiger partial charge in [-0.3, -0.25) is 0 Å². The van der Waals surface area contributed by atoms with Crippen LogP contribution in [0.1, 0.15) is 41.3 Å². The highest BCUT2D eigenvalue weighted by atomic mass is 19.1. The monoisotopic (exact) mass is 288 g/mol. The lowest BCUT2D eigenvalue weighted by Crippen LogP contribution is -2.03. The molecule has 2 aromatic rings. The number of rotatable bonds is 5. The van der Waals surface area contributed by atoms with E-state index in [0.717, 1.165) is 17.4 Å². The molecule has 0 saturated carbocycles. The molecule has 0 atom stereocenters. The summed E-state index contributed by atoms with van der Waals surface area (Å²) in [5, 5.41) is 8.93. The fraction of sp³-hybridized carbons (Fsp3) is 0.235. The van der Waals surface area contributed by atoms with Crippen molar-refractivity contribution in [3.8, 4) is 5.75 Å². The third-order valence-corrected chi connectivity index (χ3v) is 3.14. The van der Waals surface area contributed by atoms with Crippen molar-refractivity contribution in [1.29, 1.82) is 0 Å². The maximum Gasteiger partial charge on any atom is 0.335 e. The molecule has 0 saturated heterocycles. The van der Waals surface area contributed by atoms with E-state index in [2.05, 4.69) is 13.8 Å². The van der Waals surface area contributed by atoms with Gasteiger partial charge in [0.2, 0.25) is 0 Å². The number of benzene rings is 2. The van der Waals surface area contributed by atoms with E-state index in [9.17, 15) is 9.18 Å². The summed E-state index contributed by atoms with van der Waals surface area (Å²) in [7, 11) is 0. The summed E-state index contributed by atoms with van der Waals surface area (Å²) < 4.78 is 19.1. The maximum absolute atomic E-state index is 13.4. The molecule has 3 nitrogen and oxygen atoms in total. The van der Waals surface area contributed by atoms with Crippen LogP contribution in [0, 0.1) is 5.82 Å². The van der Waals surface area contributed by atoms with Crippen LogP contribution in [0.2, 0.25) is 0 Å². The lowest BCUT2D eigenvalue weighted by atomic mass is 10.0. The Hall–Kier alpha value is -2.36. The average molecular weight is 288 g/mol. The van der Waals surface area contributed by atoms with Gasteiger partial charge in [0.05, 0.1) is 5.56 Å². The van der Waals surface area contributed by atoms with Gasteiger partial charge in [0.1, 0.15) is 18.2 Å². The van der Waals surface area contributed by atoms with Gasteiger partial charge < -0.3 is 9.84 Å². The first-order valence-corrected chi connectivity index (χ1v) is 6.72. The lowest BCUT2D eigenvalue weighted by Gasteiger charge is -2.14. The number of hydrogen-bond donors (Lipinski definition) is 1. The van der Waals surface area contributed by atoms with E-state index >= 15 is 0 Å². The summed E-state index contributed by atoms with van der Waals surface area (Å²) in [5.74, 6) is -0.694. The minimum absolute atomic E-state index is 0.0780. The Labute approximate surface area is 123 Å². The van der Waals surface area contributed by atoms with Crippen LogP contribution in [0.4, 0.5) is 4.39 Å². The SMILES string of the molecule is CC(C)c1ccccc1OCc1cc(F)cc(C(=O)O)c1. The van der Waals surface area contributed by atoms with E-state index in [1.807, 2.05) is 24.3 Å². The number of carboxylic acid groups (broad SMARTS) is 1. The van der Waals surface area contributed by atoms with E-state index in [1.54, 1.807) is 0 Å². The van der Waals surface area contributed by atoms with Crippen molar-refractivity contribution in [2.75, 3.05) is 0 Å². The molecular formula is C17H17FO3. The molecule has 1 N–H and O–H groups in total. The number of carbonyl (C=O) groups is 1. The van der Waals surface area contributed by atoms with Crippen molar-refractivity contribution in [3.63, 3.8) is 0 Å². The molecule has 0 aliphatic rings. The van der Waals surface area contributed by atoms with Crippen molar-refractivity contribution in [3.05, 3.63) is 65.0 Å². The van der Waals surface area contributed by atoms with Crippen molar-refractivity contribution >= 4 is 5.97 Å². The van der Waals surface area contributed by atoms with Gasteiger partial charge in [-0.05, 0) is 41.3 Å². The van der Waals surface area contributed by atoms with Gasteiger partial charge in [-0.15, -0.1) is 0 Å². The number of ether oxygens (including phenoxy) is 1. The summed E-state index contributed by atoms with van der Waals surface area (Å²) >= 11 is 0. The largest absolute Gasteiger partial charge is 0.489 e. The van der Waals surface area contributed by atoms with E-state index in [4.69, 9.17) is 9.84 Å². The minimum atomic E-state index is -1.15. The molecule has 0 radical (unpaired) electrons. The zero-order chi connectivity index (χ0) is 15.4. The number of carboxylic acids is 1. The Kier molecular flexibility index (Phi) is 4.58. The van der Waals surface area contributed by atoms with Crippen LogP contribution in [0.3, 0.4) is 0 Å². The highest BCUT2D eigenvalue weighted by molar-refractivity contribution is 5.87. The van der Waals surface area contributed by atoms with Gasteiger partial charge in [-0.2, -0.15) is 0 Å². The number of hydrogen-bond acceptors (Lipinski definition) is 2. The Morgan fingerprint density at radius 1 is 1.24 bits per heavy atom. The molecule has 0 aliphatic carbocycles. The summed E-state index contributed by atoms with van der Waals surface area (Å²) in [5.41, 5.74) is 1.48. The lowest BCUT2D eigenvalue weighted by molar-refractivity contribution is 0.0696. The second kappa shape index (κ2) is 6.39. The smallest absolute Gasteiger partial charge is 0.335 e. The quantitative estimate of drug-likeness (QED) is 0.895. The zero-order valence-corrected chi connectivity index (χ0v) is 12.0. The molecule has 0 heterocycles. The van der Waals surface area contributed by atoms with Gasteiger partial charge in [0.25, 0.3) is 0 Å². The molecule has 110 valence electrons. The molecule has 0 fully saturated rings. The average Bonchev–Trinajstić information content (AvgIpc) is 2.44. The predicted octanol–water partition coefficient (Wildman–Crippen LogP) is 4.23. The van der Waals surface area contributed by atoms with Crippen LogP contribution in [-0.2, 0) is 6.61 Å².